The molecule has 0 radical (unpaired) electrons. The van der Waals surface area contributed by atoms with Gasteiger partial charge in [-0.3, -0.25) is 14.4 Å². The third kappa shape index (κ3) is 5.55. The molecule has 1 aliphatic rings. The van der Waals surface area contributed by atoms with Crippen LogP contribution in [0.15, 0.2) is 47.7 Å². The molecule has 2 aromatic rings. The zero-order valence-electron chi connectivity index (χ0n) is 16.1. The zero-order chi connectivity index (χ0) is 20.6. The first-order valence-electron chi connectivity index (χ1n) is 9.66. The number of nitrogens with one attached hydrogen (secondary N) is 2. The summed E-state index contributed by atoms with van der Waals surface area (Å²) in [6, 6.07) is 6.63. The third-order valence-corrected chi connectivity index (χ3v) is 6.66. The number of carbonyl (C=O) groups is 3. The summed E-state index contributed by atoms with van der Waals surface area (Å²) in [6.45, 7) is 3.78. The van der Waals surface area contributed by atoms with Gasteiger partial charge in [0.25, 0.3) is 5.91 Å². The Bertz CT molecular complexity index is 827. The Morgan fingerprint density at radius 3 is 2.52 bits per heavy atom. The third-order valence-electron chi connectivity index (χ3n) is 4.87. The molecule has 3 rings (SSSR count). The van der Waals surface area contributed by atoms with Gasteiger partial charge in [0, 0.05) is 17.5 Å². The van der Waals surface area contributed by atoms with Gasteiger partial charge in [-0.1, -0.05) is 31.1 Å². The van der Waals surface area contributed by atoms with E-state index in [0.29, 0.717) is 4.88 Å². The maximum Gasteiger partial charge on any atom is 0.261 e. The van der Waals surface area contributed by atoms with E-state index in [9.17, 15) is 14.4 Å². The van der Waals surface area contributed by atoms with E-state index in [1.165, 1.54) is 27.6 Å². The van der Waals surface area contributed by atoms with E-state index in [4.69, 9.17) is 0 Å². The van der Waals surface area contributed by atoms with E-state index >= 15 is 0 Å². The van der Waals surface area contributed by atoms with E-state index in [-0.39, 0.29) is 36.9 Å². The highest BCUT2D eigenvalue weighted by Gasteiger charge is 2.33. The molecular formula is C21H25N3O3S2. The average molecular weight is 432 g/mol. The highest BCUT2D eigenvalue weighted by atomic mass is 32.1. The highest BCUT2D eigenvalue weighted by Crippen LogP contribution is 2.27. The molecule has 0 bridgehead atoms. The van der Waals surface area contributed by atoms with Gasteiger partial charge >= 0.3 is 0 Å². The summed E-state index contributed by atoms with van der Waals surface area (Å²) >= 11 is 2.75. The fourth-order valence-corrected chi connectivity index (χ4v) is 4.94. The molecule has 1 fully saturated rings. The number of thiophene rings is 2. The Morgan fingerprint density at radius 1 is 1.17 bits per heavy atom. The zero-order valence-corrected chi connectivity index (χ0v) is 17.8. The maximum atomic E-state index is 13.1. The summed E-state index contributed by atoms with van der Waals surface area (Å²) in [7, 11) is 0. The second-order valence-corrected chi connectivity index (χ2v) is 8.83. The molecule has 0 aromatic carbocycles. The second-order valence-electron chi connectivity index (χ2n) is 6.90. The standard InChI is InChI=1S/C21H25N3O3S2/c1-2-11-24(18(25)14-22-20(26)17-10-6-13-29-17)19(16-9-5-12-28-16)21(27)23-15-7-3-4-8-15/h2,5-6,9-10,12-13,15,19H,1,3-4,7-8,11,14H2,(H,22,26)(H,23,27)/t19-/m1/s1. The van der Waals surface area contributed by atoms with E-state index in [1.54, 1.807) is 23.6 Å². The molecule has 1 atom stereocenters. The van der Waals surface area contributed by atoms with Crippen LogP contribution in [0.5, 0.6) is 0 Å². The van der Waals surface area contributed by atoms with Crippen molar-refractivity contribution in [3.8, 4) is 0 Å². The summed E-state index contributed by atoms with van der Waals surface area (Å²) in [6.07, 6.45) is 5.75. The van der Waals surface area contributed by atoms with Gasteiger partial charge in [-0.05, 0) is 35.7 Å². The monoisotopic (exact) mass is 431 g/mol. The molecule has 29 heavy (non-hydrogen) atoms. The molecule has 2 aromatic heterocycles. The Morgan fingerprint density at radius 2 is 1.90 bits per heavy atom. The summed E-state index contributed by atoms with van der Waals surface area (Å²) in [5.74, 6) is -0.802. The minimum Gasteiger partial charge on any atom is -0.351 e. The first-order chi connectivity index (χ1) is 14.1. The lowest BCUT2D eigenvalue weighted by molar-refractivity contribution is -0.139. The smallest absolute Gasteiger partial charge is 0.261 e. The van der Waals surface area contributed by atoms with E-state index in [2.05, 4.69) is 17.2 Å². The van der Waals surface area contributed by atoms with Gasteiger partial charge in [-0.15, -0.1) is 29.3 Å². The first kappa shape index (κ1) is 21.3. The maximum absolute atomic E-state index is 13.1. The molecule has 0 saturated heterocycles. The van der Waals surface area contributed by atoms with Gasteiger partial charge in [0.2, 0.25) is 11.8 Å². The topological polar surface area (TPSA) is 78.5 Å². The number of hydrogen-bond donors (Lipinski definition) is 2. The van der Waals surface area contributed by atoms with Crippen molar-refractivity contribution in [3.63, 3.8) is 0 Å². The molecule has 3 amide bonds. The molecule has 1 aliphatic carbocycles. The molecule has 2 heterocycles. The van der Waals surface area contributed by atoms with Crippen LogP contribution in [-0.4, -0.2) is 41.8 Å². The van der Waals surface area contributed by atoms with Crippen LogP contribution in [0.4, 0.5) is 0 Å². The van der Waals surface area contributed by atoms with Crippen LogP contribution in [0, 0.1) is 0 Å². The molecule has 1 saturated carbocycles. The van der Waals surface area contributed by atoms with Gasteiger partial charge < -0.3 is 15.5 Å². The van der Waals surface area contributed by atoms with Crippen molar-refractivity contribution in [2.45, 2.75) is 37.8 Å². The van der Waals surface area contributed by atoms with Crippen LogP contribution in [-0.2, 0) is 9.59 Å². The summed E-state index contributed by atoms with van der Waals surface area (Å²) < 4.78 is 0. The van der Waals surface area contributed by atoms with Crippen LogP contribution < -0.4 is 10.6 Å². The van der Waals surface area contributed by atoms with Crippen molar-refractivity contribution in [2.24, 2.45) is 0 Å². The number of carbonyl (C=O) groups excluding carboxylic acids is 3. The number of rotatable bonds is 9. The van der Waals surface area contributed by atoms with Crippen molar-refractivity contribution in [1.29, 1.82) is 0 Å². The van der Waals surface area contributed by atoms with Crippen LogP contribution in [0.3, 0.4) is 0 Å². The quantitative estimate of drug-likeness (QED) is 0.598. The van der Waals surface area contributed by atoms with E-state index < -0.39 is 6.04 Å². The molecule has 8 heteroatoms. The SMILES string of the molecule is C=CCN(C(=O)CNC(=O)c1cccs1)[C@@H](C(=O)NC1CCCC1)c1cccs1. The minimum atomic E-state index is -0.736. The molecule has 2 N–H and O–H groups in total. The summed E-state index contributed by atoms with van der Waals surface area (Å²) in [5, 5.41) is 9.45. The largest absolute Gasteiger partial charge is 0.351 e. The van der Waals surface area contributed by atoms with Crippen LogP contribution in [0.2, 0.25) is 0 Å². The van der Waals surface area contributed by atoms with Crippen molar-refractivity contribution in [3.05, 3.63) is 57.4 Å². The number of amides is 3. The summed E-state index contributed by atoms with van der Waals surface area (Å²) in [4.78, 5) is 41.1. The Kier molecular flexibility index (Phi) is 7.60. The molecule has 6 nitrogen and oxygen atoms in total. The minimum absolute atomic E-state index is 0.157. The molecular weight excluding hydrogens is 406 g/mol. The van der Waals surface area contributed by atoms with Gasteiger partial charge in [-0.2, -0.15) is 0 Å². The number of hydrogen-bond acceptors (Lipinski definition) is 5. The van der Waals surface area contributed by atoms with Crippen LogP contribution >= 0.6 is 22.7 Å². The van der Waals surface area contributed by atoms with E-state index in [1.807, 2.05) is 17.5 Å². The molecule has 0 spiro atoms. The fourth-order valence-electron chi connectivity index (χ4n) is 3.46. The number of nitrogens with zero attached hydrogens (tertiary/aromatic N) is 1. The highest BCUT2D eigenvalue weighted by molar-refractivity contribution is 7.12. The van der Waals surface area contributed by atoms with Gasteiger partial charge in [0.1, 0.15) is 6.04 Å². The van der Waals surface area contributed by atoms with Crippen molar-refractivity contribution >= 4 is 40.4 Å². The van der Waals surface area contributed by atoms with Crippen LogP contribution in [0.25, 0.3) is 0 Å². The summed E-state index contributed by atoms with van der Waals surface area (Å²) in [5.41, 5.74) is 0. The average Bonchev–Trinajstić information content (AvgIpc) is 3.48. The van der Waals surface area contributed by atoms with Gasteiger partial charge in [0.05, 0.1) is 11.4 Å². The lowest BCUT2D eigenvalue weighted by atomic mass is 10.1. The first-order valence-corrected chi connectivity index (χ1v) is 11.4. The lowest BCUT2D eigenvalue weighted by Gasteiger charge is -2.30. The molecule has 154 valence electrons. The lowest BCUT2D eigenvalue weighted by Crippen LogP contribution is -2.48. The Hall–Kier alpha value is -2.45. The van der Waals surface area contributed by atoms with Crippen molar-refractivity contribution < 1.29 is 14.4 Å². The predicted molar refractivity (Wildman–Crippen MR) is 116 cm³/mol. The van der Waals surface area contributed by atoms with Gasteiger partial charge in [-0.25, -0.2) is 0 Å². The second kappa shape index (κ2) is 10.4. The van der Waals surface area contributed by atoms with E-state index in [0.717, 1.165) is 30.6 Å². The van der Waals surface area contributed by atoms with Crippen molar-refractivity contribution in [2.75, 3.05) is 13.1 Å². The molecule has 0 aliphatic heterocycles. The van der Waals surface area contributed by atoms with Gasteiger partial charge in [0.15, 0.2) is 0 Å². The molecule has 0 unspecified atom stereocenters. The predicted octanol–water partition coefficient (Wildman–Crippen LogP) is 3.35. The van der Waals surface area contributed by atoms with Crippen LogP contribution in [0.1, 0.15) is 46.3 Å². The Balaban J connectivity index is 1.73. The Labute approximate surface area is 178 Å². The normalized spacial score (nSPS) is 14.9. The van der Waals surface area contributed by atoms with Crippen molar-refractivity contribution in [1.82, 2.24) is 15.5 Å². The fraction of sp³-hybridized carbons (Fsp3) is 0.381.